The molecule has 142 valence electrons. The highest BCUT2D eigenvalue weighted by atomic mass is 32.2. The van der Waals surface area contributed by atoms with E-state index in [4.69, 9.17) is 5.26 Å². The molecule has 0 saturated carbocycles. The molecule has 27 heavy (non-hydrogen) atoms. The number of sulfonamides is 1. The molecule has 1 aromatic heterocycles. The van der Waals surface area contributed by atoms with Crippen molar-refractivity contribution in [2.24, 2.45) is 0 Å². The summed E-state index contributed by atoms with van der Waals surface area (Å²) in [5, 5.41) is 11.6. The van der Waals surface area contributed by atoms with Crippen LogP contribution in [0.5, 0.6) is 0 Å². The molecule has 1 aromatic carbocycles. The standard InChI is InChI=1S/C19H21N3O3S2/c20-13-15-5-7-16(8-6-15)19(23)21-14-17-9-10-18(26-17)27(24,25)22-11-3-1-2-4-12-22/h5-10H,1-4,11-12,14H2,(H,21,23). The van der Waals surface area contributed by atoms with Crippen molar-refractivity contribution >= 4 is 27.3 Å². The topological polar surface area (TPSA) is 90.3 Å². The Hall–Kier alpha value is -2.21. The molecule has 8 heteroatoms. The van der Waals surface area contributed by atoms with Gasteiger partial charge in [0.2, 0.25) is 0 Å². The molecule has 1 aliphatic heterocycles. The van der Waals surface area contributed by atoms with Crippen molar-refractivity contribution in [3.63, 3.8) is 0 Å². The number of hydrogen-bond donors (Lipinski definition) is 1. The molecule has 6 nitrogen and oxygen atoms in total. The van der Waals surface area contributed by atoms with Crippen LogP contribution < -0.4 is 5.32 Å². The fourth-order valence-electron chi connectivity index (χ4n) is 2.97. The Morgan fingerprint density at radius 3 is 2.37 bits per heavy atom. The van der Waals surface area contributed by atoms with Crippen LogP contribution in [-0.2, 0) is 16.6 Å². The number of rotatable bonds is 5. The van der Waals surface area contributed by atoms with Gasteiger partial charge in [0.25, 0.3) is 15.9 Å². The minimum Gasteiger partial charge on any atom is -0.347 e. The molecule has 0 unspecified atom stereocenters. The van der Waals surface area contributed by atoms with Crippen molar-refractivity contribution in [1.29, 1.82) is 5.26 Å². The van der Waals surface area contributed by atoms with Crippen molar-refractivity contribution in [2.45, 2.75) is 36.4 Å². The lowest BCUT2D eigenvalue weighted by Gasteiger charge is -2.18. The average Bonchev–Trinajstić information content (AvgIpc) is 3.00. The largest absolute Gasteiger partial charge is 0.347 e. The number of thiophene rings is 1. The summed E-state index contributed by atoms with van der Waals surface area (Å²) in [7, 11) is -3.45. The molecule has 1 N–H and O–H groups in total. The average molecular weight is 404 g/mol. The summed E-state index contributed by atoms with van der Waals surface area (Å²) in [6.07, 6.45) is 3.95. The van der Waals surface area contributed by atoms with Gasteiger partial charge in [0.1, 0.15) is 4.21 Å². The van der Waals surface area contributed by atoms with E-state index in [1.165, 1.54) is 11.3 Å². The van der Waals surface area contributed by atoms with Gasteiger partial charge in [-0.1, -0.05) is 12.8 Å². The number of benzene rings is 1. The van der Waals surface area contributed by atoms with Gasteiger partial charge in [-0.15, -0.1) is 11.3 Å². The molecule has 1 aliphatic rings. The zero-order valence-electron chi connectivity index (χ0n) is 14.8. The second-order valence-electron chi connectivity index (χ2n) is 6.41. The van der Waals surface area contributed by atoms with Gasteiger partial charge in [-0.05, 0) is 49.2 Å². The summed E-state index contributed by atoms with van der Waals surface area (Å²) in [6, 6.07) is 11.7. The van der Waals surface area contributed by atoms with E-state index in [9.17, 15) is 13.2 Å². The van der Waals surface area contributed by atoms with Gasteiger partial charge < -0.3 is 5.32 Å². The Balaban J connectivity index is 1.63. The first kappa shape index (κ1) is 19.5. The van der Waals surface area contributed by atoms with Gasteiger partial charge in [-0.3, -0.25) is 4.79 Å². The minimum absolute atomic E-state index is 0.259. The second kappa shape index (κ2) is 8.65. The third-order valence-corrected chi connectivity index (χ3v) is 7.95. The van der Waals surface area contributed by atoms with Gasteiger partial charge in [0, 0.05) is 23.5 Å². The third-order valence-electron chi connectivity index (χ3n) is 4.50. The molecule has 0 atom stereocenters. The van der Waals surface area contributed by atoms with E-state index in [-0.39, 0.29) is 12.5 Å². The maximum Gasteiger partial charge on any atom is 0.252 e. The van der Waals surface area contributed by atoms with Crippen LogP contribution in [0.25, 0.3) is 0 Å². The zero-order valence-corrected chi connectivity index (χ0v) is 16.5. The van der Waals surface area contributed by atoms with Gasteiger partial charge in [-0.2, -0.15) is 9.57 Å². The van der Waals surface area contributed by atoms with Crippen LogP contribution in [0.15, 0.2) is 40.6 Å². The smallest absolute Gasteiger partial charge is 0.252 e. The van der Waals surface area contributed by atoms with Crippen LogP contribution >= 0.6 is 11.3 Å². The molecular formula is C19H21N3O3S2. The quantitative estimate of drug-likeness (QED) is 0.830. The highest BCUT2D eigenvalue weighted by Gasteiger charge is 2.26. The number of amides is 1. The number of nitrogens with zero attached hydrogens (tertiary/aromatic N) is 2. The summed E-state index contributed by atoms with van der Waals surface area (Å²) in [5.74, 6) is -0.259. The molecule has 0 aliphatic carbocycles. The molecule has 3 rings (SSSR count). The molecule has 2 heterocycles. The Morgan fingerprint density at radius 2 is 1.74 bits per heavy atom. The van der Waals surface area contributed by atoms with Crippen LogP contribution in [0.2, 0.25) is 0 Å². The van der Waals surface area contributed by atoms with Gasteiger partial charge >= 0.3 is 0 Å². The first-order valence-corrected chi connectivity index (χ1v) is 11.1. The molecule has 1 fully saturated rings. The third kappa shape index (κ3) is 4.75. The van der Waals surface area contributed by atoms with E-state index >= 15 is 0 Å². The van der Waals surface area contributed by atoms with Gasteiger partial charge in [-0.25, -0.2) is 8.42 Å². The summed E-state index contributed by atoms with van der Waals surface area (Å²) >= 11 is 1.20. The molecular weight excluding hydrogens is 382 g/mol. The highest BCUT2D eigenvalue weighted by molar-refractivity contribution is 7.91. The zero-order chi connectivity index (χ0) is 19.3. The molecule has 1 amide bonds. The predicted octanol–water partition coefficient (Wildman–Crippen LogP) is 3.11. The molecule has 1 saturated heterocycles. The second-order valence-corrected chi connectivity index (χ2v) is 9.74. The van der Waals surface area contributed by atoms with E-state index in [2.05, 4.69) is 5.32 Å². The van der Waals surface area contributed by atoms with Crippen molar-refractivity contribution in [2.75, 3.05) is 13.1 Å². The van der Waals surface area contributed by atoms with E-state index in [0.717, 1.165) is 30.6 Å². The van der Waals surface area contributed by atoms with Crippen molar-refractivity contribution < 1.29 is 13.2 Å². The Labute approximate surface area is 163 Å². The summed E-state index contributed by atoms with van der Waals surface area (Å²) in [5.41, 5.74) is 0.955. The van der Waals surface area contributed by atoms with Crippen LogP contribution in [0.3, 0.4) is 0 Å². The SMILES string of the molecule is N#Cc1ccc(C(=O)NCc2ccc(S(=O)(=O)N3CCCCCC3)s2)cc1. The monoisotopic (exact) mass is 403 g/mol. The lowest BCUT2D eigenvalue weighted by Crippen LogP contribution is -2.31. The Morgan fingerprint density at radius 1 is 1.07 bits per heavy atom. The van der Waals surface area contributed by atoms with E-state index in [1.54, 1.807) is 40.7 Å². The van der Waals surface area contributed by atoms with Crippen molar-refractivity contribution in [3.05, 3.63) is 52.4 Å². The van der Waals surface area contributed by atoms with Crippen LogP contribution in [0, 0.1) is 11.3 Å². The molecule has 0 bridgehead atoms. The Bertz CT molecular complexity index is 935. The number of carbonyl (C=O) groups is 1. The number of nitrogens with one attached hydrogen (secondary N) is 1. The predicted molar refractivity (Wildman–Crippen MR) is 104 cm³/mol. The van der Waals surface area contributed by atoms with Gasteiger partial charge in [0.15, 0.2) is 0 Å². The lowest BCUT2D eigenvalue weighted by molar-refractivity contribution is 0.0951. The normalized spacial score (nSPS) is 15.7. The van der Waals surface area contributed by atoms with E-state index in [0.29, 0.717) is 28.4 Å². The first-order chi connectivity index (χ1) is 13.0. The first-order valence-electron chi connectivity index (χ1n) is 8.88. The fraction of sp³-hybridized carbons (Fsp3) is 0.368. The van der Waals surface area contributed by atoms with Crippen LogP contribution in [0.4, 0.5) is 0 Å². The number of carbonyl (C=O) groups excluding carboxylic acids is 1. The van der Waals surface area contributed by atoms with Gasteiger partial charge in [0.05, 0.1) is 18.2 Å². The Kier molecular flexibility index (Phi) is 6.26. The molecule has 0 spiro atoms. The van der Waals surface area contributed by atoms with Crippen molar-refractivity contribution in [3.8, 4) is 6.07 Å². The maximum atomic E-state index is 12.8. The molecule has 0 radical (unpaired) electrons. The summed E-state index contributed by atoms with van der Waals surface area (Å²) in [6.45, 7) is 1.41. The molecule has 2 aromatic rings. The minimum atomic E-state index is -3.45. The summed E-state index contributed by atoms with van der Waals surface area (Å²) < 4.78 is 27.5. The summed E-state index contributed by atoms with van der Waals surface area (Å²) in [4.78, 5) is 13.0. The van der Waals surface area contributed by atoms with Crippen LogP contribution in [-0.4, -0.2) is 31.7 Å². The highest BCUT2D eigenvalue weighted by Crippen LogP contribution is 2.26. The van der Waals surface area contributed by atoms with E-state index in [1.807, 2.05) is 6.07 Å². The number of nitriles is 1. The van der Waals surface area contributed by atoms with Crippen LogP contribution in [0.1, 0.15) is 46.5 Å². The van der Waals surface area contributed by atoms with Crippen molar-refractivity contribution in [1.82, 2.24) is 9.62 Å². The maximum absolute atomic E-state index is 12.8. The van der Waals surface area contributed by atoms with E-state index < -0.39 is 10.0 Å². The lowest BCUT2D eigenvalue weighted by atomic mass is 10.1. The fourth-order valence-corrected chi connectivity index (χ4v) is 5.93. The number of hydrogen-bond acceptors (Lipinski definition) is 5.